The second-order valence-electron chi connectivity index (χ2n) is 3.65. The number of rotatable bonds is 4. The summed E-state index contributed by atoms with van der Waals surface area (Å²) in [4.78, 5) is 19.5. The first-order chi connectivity index (χ1) is 8.77. The average molecular weight is 272 g/mol. The van der Waals surface area contributed by atoms with E-state index in [-0.39, 0.29) is 6.10 Å². The molecule has 5 N–H and O–H groups in total. The molecule has 0 aromatic heterocycles. The van der Waals surface area contributed by atoms with E-state index in [1.54, 1.807) is 6.92 Å². The van der Waals surface area contributed by atoms with Crippen LogP contribution in [0.4, 0.5) is 0 Å². The molecule has 7 nitrogen and oxygen atoms in total. The van der Waals surface area contributed by atoms with E-state index >= 15 is 0 Å². The van der Waals surface area contributed by atoms with E-state index in [9.17, 15) is 9.59 Å². The Hall–Kier alpha value is -1.96. The number of carboxylic acid groups (broad SMARTS) is 2. The van der Waals surface area contributed by atoms with Gasteiger partial charge in [-0.05, 0) is 12.5 Å². The van der Waals surface area contributed by atoms with Crippen molar-refractivity contribution in [2.24, 2.45) is 0 Å². The molecule has 1 rings (SSSR count). The Kier molecular flexibility index (Phi) is 7.35. The third-order valence-electron chi connectivity index (χ3n) is 2.09. The molecule has 0 heterocycles. The van der Waals surface area contributed by atoms with Gasteiger partial charge >= 0.3 is 11.9 Å². The van der Waals surface area contributed by atoms with Crippen LogP contribution in [0, 0.1) is 0 Å². The minimum Gasteiger partial charge on any atom is -0.479 e. The van der Waals surface area contributed by atoms with Crippen molar-refractivity contribution in [3.8, 4) is 0 Å². The van der Waals surface area contributed by atoms with Gasteiger partial charge in [0.2, 0.25) is 0 Å². The Labute approximate surface area is 109 Å². The van der Waals surface area contributed by atoms with Crippen molar-refractivity contribution >= 4 is 11.9 Å². The smallest absolute Gasteiger partial charge is 0.335 e. The van der Waals surface area contributed by atoms with Crippen molar-refractivity contribution in [3.63, 3.8) is 0 Å². The van der Waals surface area contributed by atoms with Crippen LogP contribution in [0.25, 0.3) is 0 Å². The van der Waals surface area contributed by atoms with Crippen LogP contribution in [-0.2, 0) is 9.59 Å². The van der Waals surface area contributed by atoms with E-state index in [2.05, 4.69) is 0 Å². The van der Waals surface area contributed by atoms with E-state index in [1.165, 1.54) is 0 Å². The van der Waals surface area contributed by atoms with E-state index in [4.69, 9.17) is 25.5 Å². The largest absolute Gasteiger partial charge is 0.479 e. The monoisotopic (exact) mass is 272 g/mol. The standard InChI is InChI=1S/C8H10O.C4H6O6/c1-7(9)8-5-3-2-4-6-8;5-1(3(7)8)2(6)4(9)10/h2-7,9H,1H3;1-2,5-6H,(H,7,8)(H,9,10). The number of aliphatic hydroxyl groups is 3. The first-order valence-corrected chi connectivity index (χ1v) is 5.32. The SMILES string of the molecule is CC(O)c1ccccc1.O=C(O)C(O)C(O)C(=O)O. The zero-order chi connectivity index (χ0) is 15.0. The van der Waals surface area contributed by atoms with Crippen molar-refractivity contribution < 1.29 is 35.1 Å². The van der Waals surface area contributed by atoms with Crippen molar-refractivity contribution in [1.82, 2.24) is 0 Å². The second kappa shape index (κ2) is 8.20. The van der Waals surface area contributed by atoms with Crippen LogP contribution in [0.15, 0.2) is 30.3 Å². The maximum Gasteiger partial charge on any atom is 0.335 e. The molecular weight excluding hydrogens is 256 g/mol. The molecule has 0 spiro atoms. The zero-order valence-electron chi connectivity index (χ0n) is 10.2. The lowest BCUT2D eigenvalue weighted by atomic mass is 10.1. The van der Waals surface area contributed by atoms with Crippen molar-refractivity contribution in [3.05, 3.63) is 35.9 Å². The molecule has 0 fully saturated rings. The van der Waals surface area contributed by atoms with E-state index in [0.717, 1.165) is 5.56 Å². The summed E-state index contributed by atoms with van der Waals surface area (Å²) in [5, 5.41) is 41.5. The van der Waals surface area contributed by atoms with Crippen LogP contribution in [0.3, 0.4) is 0 Å². The Balaban J connectivity index is 0.000000342. The minimum absolute atomic E-state index is 0.341. The fourth-order valence-electron chi connectivity index (χ4n) is 1.00. The fraction of sp³-hybridized carbons (Fsp3) is 0.333. The first-order valence-electron chi connectivity index (χ1n) is 5.32. The molecule has 106 valence electrons. The molecule has 0 aliphatic rings. The second-order valence-corrected chi connectivity index (χ2v) is 3.65. The number of aliphatic hydroxyl groups excluding tert-OH is 3. The molecule has 3 atom stereocenters. The summed E-state index contributed by atoms with van der Waals surface area (Å²) in [5.74, 6) is -3.54. The van der Waals surface area contributed by atoms with Gasteiger partial charge in [-0.1, -0.05) is 30.3 Å². The zero-order valence-corrected chi connectivity index (χ0v) is 10.2. The molecule has 0 aliphatic carbocycles. The molecule has 1 aromatic rings. The molecule has 1 aromatic carbocycles. The molecule has 0 aliphatic heterocycles. The van der Waals surface area contributed by atoms with Crippen LogP contribution >= 0.6 is 0 Å². The van der Waals surface area contributed by atoms with Crippen LogP contribution in [0.2, 0.25) is 0 Å². The number of carboxylic acids is 2. The van der Waals surface area contributed by atoms with Gasteiger partial charge in [-0.3, -0.25) is 0 Å². The van der Waals surface area contributed by atoms with Gasteiger partial charge in [0, 0.05) is 0 Å². The fourth-order valence-corrected chi connectivity index (χ4v) is 1.00. The highest BCUT2D eigenvalue weighted by molar-refractivity contribution is 5.83. The van der Waals surface area contributed by atoms with Gasteiger partial charge in [-0.25, -0.2) is 9.59 Å². The van der Waals surface area contributed by atoms with Crippen LogP contribution < -0.4 is 0 Å². The molecule has 7 heteroatoms. The highest BCUT2D eigenvalue weighted by atomic mass is 16.4. The van der Waals surface area contributed by atoms with Gasteiger partial charge in [0.1, 0.15) is 0 Å². The highest BCUT2D eigenvalue weighted by Gasteiger charge is 2.29. The Morgan fingerprint density at radius 1 is 0.895 bits per heavy atom. The summed E-state index contributed by atoms with van der Waals surface area (Å²) in [6.45, 7) is 1.76. The molecule has 0 saturated heterocycles. The molecule has 0 bridgehead atoms. The molecule has 0 radical (unpaired) electrons. The molecular formula is C12H16O7. The summed E-state index contributed by atoms with van der Waals surface area (Å²) < 4.78 is 0. The average Bonchev–Trinajstić information content (AvgIpc) is 2.38. The highest BCUT2D eigenvalue weighted by Crippen LogP contribution is 2.09. The molecule has 19 heavy (non-hydrogen) atoms. The Morgan fingerprint density at radius 3 is 1.47 bits per heavy atom. The topological polar surface area (TPSA) is 135 Å². The number of benzene rings is 1. The van der Waals surface area contributed by atoms with Gasteiger partial charge in [0.25, 0.3) is 0 Å². The summed E-state index contributed by atoms with van der Waals surface area (Å²) in [6, 6.07) is 9.59. The third-order valence-corrected chi connectivity index (χ3v) is 2.09. The van der Waals surface area contributed by atoms with Gasteiger partial charge in [-0.2, -0.15) is 0 Å². The molecule has 0 amide bonds. The van der Waals surface area contributed by atoms with Crippen LogP contribution in [0.5, 0.6) is 0 Å². The van der Waals surface area contributed by atoms with Gasteiger partial charge in [0.05, 0.1) is 6.10 Å². The van der Waals surface area contributed by atoms with E-state index in [0.29, 0.717) is 0 Å². The Morgan fingerprint density at radius 2 is 1.26 bits per heavy atom. The maximum atomic E-state index is 9.77. The molecule has 0 saturated carbocycles. The van der Waals surface area contributed by atoms with Gasteiger partial charge < -0.3 is 25.5 Å². The number of aliphatic carboxylic acids is 2. The minimum atomic E-state index is -2.27. The van der Waals surface area contributed by atoms with Crippen molar-refractivity contribution in [1.29, 1.82) is 0 Å². The molecule has 3 unspecified atom stereocenters. The number of carbonyl (C=O) groups is 2. The lowest BCUT2D eigenvalue weighted by Crippen LogP contribution is -2.39. The lowest BCUT2D eigenvalue weighted by Gasteiger charge is -2.07. The maximum absolute atomic E-state index is 9.77. The number of hydrogen-bond acceptors (Lipinski definition) is 5. The lowest BCUT2D eigenvalue weighted by molar-refractivity contribution is -0.165. The first kappa shape index (κ1) is 17.0. The predicted molar refractivity (Wildman–Crippen MR) is 64.4 cm³/mol. The number of hydrogen-bond donors (Lipinski definition) is 5. The van der Waals surface area contributed by atoms with Gasteiger partial charge in [-0.15, -0.1) is 0 Å². The normalized spacial score (nSPS) is 14.5. The quantitative estimate of drug-likeness (QED) is 0.504. The van der Waals surface area contributed by atoms with Crippen LogP contribution in [-0.4, -0.2) is 49.7 Å². The van der Waals surface area contributed by atoms with Crippen LogP contribution in [0.1, 0.15) is 18.6 Å². The Bertz CT molecular complexity index is 384. The predicted octanol–water partition coefficient (Wildman–Crippen LogP) is -0.383. The summed E-state index contributed by atoms with van der Waals surface area (Å²) in [6.07, 6.45) is -4.87. The van der Waals surface area contributed by atoms with E-state index in [1.807, 2.05) is 30.3 Å². The van der Waals surface area contributed by atoms with Crippen molar-refractivity contribution in [2.45, 2.75) is 25.2 Å². The summed E-state index contributed by atoms with van der Waals surface area (Å²) in [7, 11) is 0. The van der Waals surface area contributed by atoms with Gasteiger partial charge in [0.15, 0.2) is 12.2 Å². The summed E-state index contributed by atoms with van der Waals surface area (Å²) >= 11 is 0. The third kappa shape index (κ3) is 6.51. The van der Waals surface area contributed by atoms with Crippen molar-refractivity contribution in [2.75, 3.05) is 0 Å². The summed E-state index contributed by atoms with van der Waals surface area (Å²) in [5.41, 5.74) is 0.970. The van der Waals surface area contributed by atoms with E-state index < -0.39 is 24.1 Å².